The fourth-order valence-electron chi connectivity index (χ4n) is 3.70. The number of halogens is 5. The SMILES string of the molecule is O=C1N[C@H](c2ccc(-c3ccccc3Cl)o2)[C@@H](C(=O)c2ccc(F)cc2)[C@](O)(C(F)(F)F)N1. The van der Waals surface area contributed by atoms with Crippen LogP contribution in [0.3, 0.4) is 0 Å². The summed E-state index contributed by atoms with van der Waals surface area (Å²) in [4.78, 5) is 25.2. The van der Waals surface area contributed by atoms with Crippen LogP contribution < -0.4 is 10.6 Å². The minimum Gasteiger partial charge on any atom is -0.459 e. The maximum atomic E-state index is 13.9. The number of hydrogen-bond acceptors (Lipinski definition) is 4. The molecule has 1 aliphatic rings. The van der Waals surface area contributed by atoms with E-state index in [-0.39, 0.29) is 17.1 Å². The number of aliphatic hydroxyl groups is 1. The Hall–Kier alpha value is -3.37. The molecule has 2 aromatic carbocycles. The number of rotatable bonds is 4. The highest BCUT2D eigenvalue weighted by Gasteiger charge is 2.66. The zero-order chi connectivity index (χ0) is 24.0. The van der Waals surface area contributed by atoms with Gasteiger partial charge in [0.1, 0.15) is 29.3 Å². The quantitative estimate of drug-likeness (QED) is 0.366. The smallest absolute Gasteiger partial charge is 0.437 e. The van der Waals surface area contributed by atoms with E-state index in [0.717, 1.165) is 24.3 Å². The summed E-state index contributed by atoms with van der Waals surface area (Å²) in [6.07, 6.45) is -5.43. The van der Waals surface area contributed by atoms with Gasteiger partial charge in [0, 0.05) is 11.1 Å². The van der Waals surface area contributed by atoms with E-state index in [4.69, 9.17) is 16.0 Å². The minimum atomic E-state index is -5.43. The predicted molar refractivity (Wildman–Crippen MR) is 109 cm³/mol. The molecule has 33 heavy (non-hydrogen) atoms. The Morgan fingerprint density at radius 1 is 1.06 bits per heavy atom. The number of Topliss-reactive ketones (excluding diaryl/α,β-unsaturated/α-hetero) is 1. The molecule has 172 valence electrons. The lowest BCUT2D eigenvalue weighted by molar-refractivity contribution is -0.288. The number of benzene rings is 2. The molecule has 0 unspecified atom stereocenters. The fraction of sp³-hybridized carbons (Fsp3) is 0.182. The molecule has 0 spiro atoms. The molecule has 1 saturated heterocycles. The standard InChI is InChI=1S/C22H15ClF4N2O4/c23-14-4-2-1-3-13(14)15-9-10-16(33-15)18-17(19(30)11-5-7-12(24)8-6-11)21(32,22(25,26)27)29-20(31)28-18/h1-10,17-18,32H,(H2,28,29,31)/t17-,18+,21-/m0/s1. The second kappa shape index (κ2) is 8.20. The van der Waals surface area contributed by atoms with Crippen molar-refractivity contribution in [1.82, 2.24) is 10.6 Å². The molecular weight excluding hydrogens is 468 g/mol. The Morgan fingerprint density at radius 3 is 2.36 bits per heavy atom. The van der Waals surface area contributed by atoms with Crippen molar-refractivity contribution in [3.8, 4) is 11.3 Å². The van der Waals surface area contributed by atoms with Crippen molar-refractivity contribution in [3.63, 3.8) is 0 Å². The second-order valence-electron chi connectivity index (χ2n) is 7.37. The van der Waals surface area contributed by atoms with Gasteiger partial charge in [-0.2, -0.15) is 13.2 Å². The minimum absolute atomic E-state index is 0.173. The Kier molecular flexibility index (Phi) is 5.67. The van der Waals surface area contributed by atoms with Crippen LogP contribution in [0, 0.1) is 11.7 Å². The number of urea groups is 1. The normalized spacial score (nSPS) is 23.0. The lowest BCUT2D eigenvalue weighted by Gasteiger charge is -2.44. The van der Waals surface area contributed by atoms with Gasteiger partial charge in [0.05, 0.1) is 5.02 Å². The van der Waals surface area contributed by atoms with E-state index in [2.05, 4.69) is 5.32 Å². The third-order valence-electron chi connectivity index (χ3n) is 5.29. The molecule has 1 fully saturated rings. The van der Waals surface area contributed by atoms with Gasteiger partial charge in [-0.05, 0) is 48.5 Å². The number of carbonyl (C=O) groups excluding carboxylic acids is 2. The topological polar surface area (TPSA) is 91.6 Å². The Bertz CT molecular complexity index is 1210. The molecule has 2 amide bonds. The lowest BCUT2D eigenvalue weighted by Crippen LogP contribution is -2.72. The zero-order valence-corrected chi connectivity index (χ0v) is 17.2. The van der Waals surface area contributed by atoms with Crippen LogP contribution in [-0.2, 0) is 0 Å². The van der Waals surface area contributed by atoms with Crippen LogP contribution in [0.2, 0.25) is 5.02 Å². The Labute approximate surface area is 189 Å². The van der Waals surface area contributed by atoms with E-state index in [1.54, 1.807) is 24.3 Å². The summed E-state index contributed by atoms with van der Waals surface area (Å²) < 4.78 is 60.8. The van der Waals surface area contributed by atoms with E-state index in [1.807, 2.05) is 0 Å². The molecule has 3 N–H and O–H groups in total. The van der Waals surface area contributed by atoms with Crippen LogP contribution in [0.5, 0.6) is 0 Å². The van der Waals surface area contributed by atoms with Crippen molar-refractivity contribution >= 4 is 23.4 Å². The molecule has 0 bridgehead atoms. The first kappa shape index (κ1) is 22.8. The molecule has 0 saturated carbocycles. The summed E-state index contributed by atoms with van der Waals surface area (Å²) in [5.74, 6) is -4.25. The molecule has 1 aliphatic heterocycles. The summed E-state index contributed by atoms with van der Waals surface area (Å²) in [6.45, 7) is 0. The molecule has 0 aliphatic carbocycles. The molecule has 3 atom stereocenters. The van der Waals surface area contributed by atoms with Gasteiger partial charge in [-0.25, -0.2) is 9.18 Å². The predicted octanol–water partition coefficient (Wildman–Crippen LogP) is 4.84. The van der Waals surface area contributed by atoms with Crippen LogP contribution >= 0.6 is 11.6 Å². The molecule has 6 nitrogen and oxygen atoms in total. The van der Waals surface area contributed by atoms with Gasteiger partial charge in [-0.3, -0.25) is 4.79 Å². The number of ketones is 1. The van der Waals surface area contributed by atoms with E-state index in [1.165, 1.54) is 17.4 Å². The average molecular weight is 483 g/mol. The van der Waals surface area contributed by atoms with Gasteiger partial charge in [0.2, 0.25) is 5.72 Å². The first-order valence-corrected chi connectivity index (χ1v) is 9.91. The van der Waals surface area contributed by atoms with Gasteiger partial charge in [-0.1, -0.05) is 23.7 Å². The van der Waals surface area contributed by atoms with Crippen LogP contribution in [0.25, 0.3) is 11.3 Å². The second-order valence-corrected chi connectivity index (χ2v) is 7.78. The molecule has 4 rings (SSSR count). The van der Waals surface area contributed by atoms with Gasteiger partial charge in [0.15, 0.2) is 5.78 Å². The maximum Gasteiger partial charge on any atom is 0.437 e. The van der Waals surface area contributed by atoms with E-state index >= 15 is 0 Å². The first-order valence-electron chi connectivity index (χ1n) is 9.53. The molecule has 2 heterocycles. The number of furan rings is 1. The summed E-state index contributed by atoms with van der Waals surface area (Å²) in [7, 11) is 0. The number of carbonyl (C=O) groups is 2. The van der Waals surface area contributed by atoms with Gasteiger partial charge in [0.25, 0.3) is 0 Å². The molecule has 1 aromatic heterocycles. The molecular formula is C22H15ClF4N2O4. The first-order chi connectivity index (χ1) is 15.5. The van der Waals surface area contributed by atoms with Gasteiger partial charge in [-0.15, -0.1) is 0 Å². The highest BCUT2D eigenvalue weighted by Crippen LogP contribution is 2.45. The third-order valence-corrected chi connectivity index (χ3v) is 5.62. The zero-order valence-electron chi connectivity index (χ0n) is 16.5. The third kappa shape index (κ3) is 4.07. The van der Waals surface area contributed by atoms with Crippen LogP contribution in [-0.4, -0.2) is 28.8 Å². The number of nitrogens with one attached hydrogen (secondary N) is 2. The largest absolute Gasteiger partial charge is 0.459 e. The van der Waals surface area contributed by atoms with Gasteiger partial charge < -0.3 is 20.2 Å². The average Bonchev–Trinajstić information content (AvgIpc) is 3.23. The maximum absolute atomic E-state index is 13.9. The molecule has 11 heteroatoms. The molecule has 0 radical (unpaired) electrons. The monoisotopic (exact) mass is 482 g/mol. The van der Waals surface area contributed by atoms with Crippen molar-refractivity contribution in [2.75, 3.05) is 0 Å². The van der Waals surface area contributed by atoms with Crippen molar-refractivity contribution in [3.05, 3.63) is 82.8 Å². The highest BCUT2D eigenvalue weighted by atomic mass is 35.5. The van der Waals surface area contributed by atoms with Gasteiger partial charge >= 0.3 is 12.2 Å². The summed E-state index contributed by atoms with van der Waals surface area (Å²) in [5.41, 5.74) is -3.80. The van der Waals surface area contributed by atoms with Crippen LogP contribution in [0.1, 0.15) is 22.2 Å². The van der Waals surface area contributed by atoms with Crippen LogP contribution in [0.15, 0.2) is 65.1 Å². The summed E-state index contributed by atoms with van der Waals surface area (Å²) in [6, 6.07) is 9.90. The summed E-state index contributed by atoms with van der Waals surface area (Å²) in [5, 5.41) is 14.5. The summed E-state index contributed by atoms with van der Waals surface area (Å²) >= 11 is 6.14. The number of hydrogen-bond donors (Lipinski definition) is 3. The molecule has 3 aromatic rings. The highest BCUT2D eigenvalue weighted by molar-refractivity contribution is 6.33. The van der Waals surface area contributed by atoms with E-state index in [0.29, 0.717) is 10.6 Å². The fourth-order valence-corrected chi connectivity index (χ4v) is 3.92. The van der Waals surface area contributed by atoms with E-state index in [9.17, 15) is 32.3 Å². The van der Waals surface area contributed by atoms with Crippen molar-refractivity contribution in [2.45, 2.75) is 17.9 Å². The van der Waals surface area contributed by atoms with Crippen LogP contribution in [0.4, 0.5) is 22.4 Å². The Morgan fingerprint density at radius 2 is 1.73 bits per heavy atom. The van der Waals surface area contributed by atoms with E-state index < -0.39 is 41.5 Å². The Balaban J connectivity index is 1.82. The van der Waals surface area contributed by atoms with Crippen molar-refractivity contribution in [1.29, 1.82) is 0 Å². The van der Waals surface area contributed by atoms with Crippen molar-refractivity contribution < 1.29 is 36.7 Å². The lowest BCUT2D eigenvalue weighted by atomic mass is 9.79. The van der Waals surface area contributed by atoms with Crippen molar-refractivity contribution in [2.24, 2.45) is 5.92 Å². The number of amides is 2. The number of alkyl halides is 3.